The molecule has 0 spiro atoms. The van der Waals surface area contributed by atoms with Crippen molar-refractivity contribution in [2.75, 3.05) is 17.4 Å². The third-order valence-electron chi connectivity index (χ3n) is 5.28. The molecule has 0 unspecified atom stereocenters. The fourth-order valence-electron chi connectivity index (χ4n) is 3.65. The number of aryl methyl sites for hydroxylation is 1. The highest BCUT2D eigenvalue weighted by Gasteiger charge is 2.38. The third kappa shape index (κ3) is 3.38. The van der Waals surface area contributed by atoms with Crippen LogP contribution >= 0.6 is 11.8 Å². The lowest BCUT2D eigenvalue weighted by Crippen LogP contribution is -2.47. The van der Waals surface area contributed by atoms with Crippen LogP contribution in [-0.4, -0.2) is 23.4 Å². The largest absolute Gasteiger partial charge is 0.344 e. The SMILES string of the molecule is CCc1ccc([C@@H]2CC(=O)N3CN(c4ccc(F)cc4)CSC3=C2C#N)cc1. The van der Waals surface area contributed by atoms with E-state index in [1.54, 1.807) is 17.0 Å². The first-order valence-corrected chi connectivity index (χ1v) is 10.3. The molecular formula is C22H20FN3OS. The highest BCUT2D eigenvalue weighted by molar-refractivity contribution is 8.03. The van der Waals surface area contributed by atoms with Gasteiger partial charge in [0.25, 0.3) is 0 Å². The third-order valence-corrected chi connectivity index (χ3v) is 6.43. The minimum absolute atomic E-state index is 0.0119. The lowest BCUT2D eigenvalue weighted by atomic mass is 9.86. The number of thioether (sulfide) groups is 1. The molecule has 2 aliphatic rings. The summed E-state index contributed by atoms with van der Waals surface area (Å²) >= 11 is 1.49. The van der Waals surface area contributed by atoms with Gasteiger partial charge in [0.1, 0.15) is 5.82 Å². The van der Waals surface area contributed by atoms with Crippen LogP contribution in [0.25, 0.3) is 0 Å². The number of nitrogens with zero attached hydrogens (tertiary/aromatic N) is 3. The van der Waals surface area contributed by atoms with Crippen molar-refractivity contribution in [1.82, 2.24) is 4.90 Å². The lowest BCUT2D eigenvalue weighted by Gasteiger charge is -2.42. The van der Waals surface area contributed by atoms with Crippen LogP contribution in [0.15, 0.2) is 59.1 Å². The normalized spacial score (nSPS) is 19.5. The monoisotopic (exact) mass is 393 g/mol. The van der Waals surface area contributed by atoms with Crippen molar-refractivity contribution in [3.05, 3.63) is 76.1 Å². The molecule has 0 saturated carbocycles. The molecule has 0 aromatic heterocycles. The van der Waals surface area contributed by atoms with Crippen molar-refractivity contribution >= 4 is 23.4 Å². The first-order chi connectivity index (χ1) is 13.6. The molecule has 1 amide bonds. The van der Waals surface area contributed by atoms with Gasteiger partial charge < -0.3 is 4.90 Å². The average molecular weight is 393 g/mol. The Morgan fingerprint density at radius 2 is 1.89 bits per heavy atom. The summed E-state index contributed by atoms with van der Waals surface area (Å²) in [5.41, 5.74) is 3.76. The van der Waals surface area contributed by atoms with E-state index in [1.807, 2.05) is 17.0 Å². The van der Waals surface area contributed by atoms with Crippen LogP contribution in [0.3, 0.4) is 0 Å². The van der Waals surface area contributed by atoms with Crippen LogP contribution in [0, 0.1) is 17.1 Å². The summed E-state index contributed by atoms with van der Waals surface area (Å²) in [5.74, 6) is 0.140. The predicted octanol–water partition coefficient (Wildman–Crippen LogP) is 4.61. The fraction of sp³-hybridized carbons (Fsp3) is 0.273. The topological polar surface area (TPSA) is 47.3 Å². The maximum absolute atomic E-state index is 13.2. The van der Waals surface area contributed by atoms with E-state index in [4.69, 9.17) is 0 Å². The predicted molar refractivity (Wildman–Crippen MR) is 109 cm³/mol. The molecule has 0 radical (unpaired) electrons. The zero-order chi connectivity index (χ0) is 19.7. The Balaban J connectivity index is 1.63. The zero-order valence-corrected chi connectivity index (χ0v) is 16.4. The Bertz CT molecular complexity index is 963. The molecular weight excluding hydrogens is 373 g/mol. The van der Waals surface area contributed by atoms with E-state index in [9.17, 15) is 14.4 Å². The summed E-state index contributed by atoms with van der Waals surface area (Å²) in [6, 6.07) is 16.8. The molecule has 2 aromatic carbocycles. The number of halogens is 1. The van der Waals surface area contributed by atoms with Gasteiger partial charge in [-0.05, 0) is 41.8 Å². The van der Waals surface area contributed by atoms with Crippen LogP contribution in [0.1, 0.15) is 30.4 Å². The Hall–Kier alpha value is -2.78. The summed E-state index contributed by atoms with van der Waals surface area (Å²) in [4.78, 5) is 16.6. The van der Waals surface area contributed by atoms with E-state index in [-0.39, 0.29) is 24.1 Å². The molecule has 4 rings (SSSR count). The number of fused-ring (bicyclic) bond motifs is 1. The Morgan fingerprint density at radius 3 is 2.54 bits per heavy atom. The van der Waals surface area contributed by atoms with E-state index in [0.717, 1.165) is 22.7 Å². The van der Waals surface area contributed by atoms with E-state index >= 15 is 0 Å². The Labute approximate surface area is 168 Å². The van der Waals surface area contributed by atoms with Gasteiger partial charge in [-0.15, -0.1) is 0 Å². The zero-order valence-electron chi connectivity index (χ0n) is 15.6. The number of hydrogen-bond donors (Lipinski definition) is 0. The van der Waals surface area contributed by atoms with Crippen molar-refractivity contribution in [2.45, 2.75) is 25.7 Å². The molecule has 0 aliphatic carbocycles. The van der Waals surface area contributed by atoms with Gasteiger partial charge in [0.2, 0.25) is 5.91 Å². The second-order valence-electron chi connectivity index (χ2n) is 6.94. The fourth-order valence-corrected chi connectivity index (χ4v) is 4.82. The van der Waals surface area contributed by atoms with Gasteiger partial charge >= 0.3 is 0 Å². The molecule has 0 bridgehead atoms. The van der Waals surface area contributed by atoms with Gasteiger partial charge in [0.05, 0.1) is 29.2 Å². The molecule has 2 aliphatic heterocycles. The van der Waals surface area contributed by atoms with E-state index in [2.05, 4.69) is 25.1 Å². The summed E-state index contributed by atoms with van der Waals surface area (Å²) in [5, 5.41) is 10.6. The van der Waals surface area contributed by atoms with Gasteiger partial charge in [-0.25, -0.2) is 4.39 Å². The minimum atomic E-state index is -0.285. The molecule has 2 aromatic rings. The second kappa shape index (κ2) is 7.69. The number of amides is 1. The molecule has 2 heterocycles. The number of carbonyl (C=O) groups excluding carboxylic acids is 1. The Kier molecular flexibility index (Phi) is 5.10. The molecule has 1 atom stereocenters. The van der Waals surface area contributed by atoms with E-state index in [1.165, 1.54) is 29.5 Å². The van der Waals surface area contributed by atoms with Crippen LogP contribution in [0.4, 0.5) is 10.1 Å². The molecule has 1 fully saturated rings. The average Bonchev–Trinajstić information content (AvgIpc) is 2.74. The van der Waals surface area contributed by atoms with Gasteiger partial charge in [0, 0.05) is 18.0 Å². The van der Waals surface area contributed by atoms with Crippen molar-refractivity contribution in [3.8, 4) is 6.07 Å². The highest BCUT2D eigenvalue weighted by atomic mass is 32.2. The molecule has 28 heavy (non-hydrogen) atoms. The number of allylic oxidation sites excluding steroid dienone is 1. The number of anilines is 1. The molecule has 142 valence electrons. The molecule has 1 saturated heterocycles. The van der Waals surface area contributed by atoms with Crippen molar-refractivity contribution < 1.29 is 9.18 Å². The number of benzene rings is 2. The molecule has 6 heteroatoms. The van der Waals surface area contributed by atoms with Crippen LogP contribution < -0.4 is 4.90 Å². The highest BCUT2D eigenvalue weighted by Crippen LogP contribution is 2.43. The number of hydrogen-bond acceptors (Lipinski definition) is 4. The summed E-state index contributed by atoms with van der Waals surface area (Å²) < 4.78 is 13.2. The maximum Gasteiger partial charge on any atom is 0.229 e. The maximum atomic E-state index is 13.2. The molecule has 0 N–H and O–H groups in total. The summed E-state index contributed by atoms with van der Waals surface area (Å²) in [6.45, 7) is 2.48. The van der Waals surface area contributed by atoms with Crippen molar-refractivity contribution in [1.29, 1.82) is 5.26 Å². The van der Waals surface area contributed by atoms with Gasteiger partial charge in [-0.1, -0.05) is 43.0 Å². The van der Waals surface area contributed by atoms with Gasteiger partial charge in [-0.3, -0.25) is 9.69 Å². The van der Waals surface area contributed by atoms with E-state index in [0.29, 0.717) is 18.1 Å². The first kappa shape index (κ1) is 18.6. The minimum Gasteiger partial charge on any atom is -0.344 e. The smallest absolute Gasteiger partial charge is 0.229 e. The van der Waals surface area contributed by atoms with E-state index < -0.39 is 0 Å². The van der Waals surface area contributed by atoms with Crippen molar-refractivity contribution in [2.24, 2.45) is 0 Å². The van der Waals surface area contributed by atoms with Crippen LogP contribution in [0.5, 0.6) is 0 Å². The number of carbonyl (C=O) groups is 1. The lowest BCUT2D eigenvalue weighted by molar-refractivity contribution is -0.129. The van der Waals surface area contributed by atoms with Crippen LogP contribution in [-0.2, 0) is 11.2 Å². The number of nitriles is 1. The Morgan fingerprint density at radius 1 is 1.18 bits per heavy atom. The first-order valence-electron chi connectivity index (χ1n) is 9.27. The van der Waals surface area contributed by atoms with Gasteiger partial charge in [0.15, 0.2) is 0 Å². The standard InChI is InChI=1S/C22H20FN3OS/c1-2-15-3-5-16(6-4-15)19-11-21(27)26-13-25(14-28-22(26)20(19)12-24)18-9-7-17(23)8-10-18/h3-10,19H,2,11,13-14H2,1H3/t19-/m0/s1. The van der Waals surface area contributed by atoms with Gasteiger partial charge in [-0.2, -0.15) is 5.26 Å². The summed E-state index contributed by atoms with van der Waals surface area (Å²) in [7, 11) is 0. The quantitative estimate of drug-likeness (QED) is 0.764. The second-order valence-corrected chi connectivity index (χ2v) is 7.87. The van der Waals surface area contributed by atoms with Crippen molar-refractivity contribution in [3.63, 3.8) is 0 Å². The summed E-state index contributed by atoms with van der Waals surface area (Å²) in [6.07, 6.45) is 1.24. The number of rotatable bonds is 3. The molecule has 4 nitrogen and oxygen atoms in total. The van der Waals surface area contributed by atoms with Crippen LogP contribution in [0.2, 0.25) is 0 Å².